The van der Waals surface area contributed by atoms with Gasteiger partial charge in [0.2, 0.25) is 0 Å². The summed E-state index contributed by atoms with van der Waals surface area (Å²) < 4.78 is 37.2. The normalized spacial score (nSPS) is 13.6. The zero-order valence-corrected chi connectivity index (χ0v) is 11.2. The second-order valence-electron chi connectivity index (χ2n) is 4.19. The SMILES string of the molecule is CCCCC[C@H](N)c1ccccc1SC(F)(F)F. The Labute approximate surface area is 110 Å². The lowest BCUT2D eigenvalue weighted by Crippen LogP contribution is -2.12. The fourth-order valence-electron chi connectivity index (χ4n) is 1.77. The Hall–Kier alpha value is -0.680. The third-order valence-electron chi connectivity index (χ3n) is 2.66. The molecule has 1 rings (SSSR count). The van der Waals surface area contributed by atoms with Gasteiger partial charge in [0.15, 0.2) is 0 Å². The molecule has 0 heterocycles. The van der Waals surface area contributed by atoms with Crippen LogP contribution < -0.4 is 5.73 Å². The third-order valence-corrected chi connectivity index (χ3v) is 3.49. The highest BCUT2D eigenvalue weighted by molar-refractivity contribution is 8.00. The van der Waals surface area contributed by atoms with Crippen LogP contribution in [0.5, 0.6) is 0 Å². The minimum absolute atomic E-state index is 0.0851. The van der Waals surface area contributed by atoms with Crippen molar-refractivity contribution in [2.75, 3.05) is 0 Å². The molecule has 1 nitrogen and oxygen atoms in total. The van der Waals surface area contributed by atoms with Gasteiger partial charge in [0.1, 0.15) is 0 Å². The van der Waals surface area contributed by atoms with E-state index < -0.39 is 5.51 Å². The van der Waals surface area contributed by atoms with E-state index in [9.17, 15) is 13.2 Å². The van der Waals surface area contributed by atoms with Gasteiger partial charge in [0.05, 0.1) is 0 Å². The fraction of sp³-hybridized carbons (Fsp3) is 0.538. The van der Waals surface area contributed by atoms with E-state index in [0.717, 1.165) is 25.7 Å². The molecule has 0 saturated heterocycles. The largest absolute Gasteiger partial charge is 0.446 e. The van der Waals surface area contributed by atoms with Crippen LogP contribution in [0.1, 0.15) is 44.2 Å². The predicted molar refractivity (Wildman–Crippen MR) is 69.4 cm³/mol. The number of hydrogen-bond donors (Lipinski definition) is 1. The molecule has 0 fully saturated rings. The van der Waals surface area contributed by atoms with E-state index in [2.05, 4.69) is 6.92 Å². The molecule has 0 aliphatic heterocycles. The van der Waals surface area contributed by atoms with Crippen LogP contribution in [0, 0.1) is 0 Å². The molecule has 18 heavy (non-hydrogen) atoms. The maximum Gasteiger partial charge on any atom is 0.446 e. The summed E-state index contributed by atoms with van der Waals surface area (Å²) in [7, 11) is 0. The second-order valence-corrected chi connectivity index (χ2v) is 5.29. The molecule has 1 aromatic rings. The summed E-state index contributed by atoms with van der Waals surface area (Å²) in [4.78, 5) is 0.217. The van der Waals surface area contributed by atoms with Crippen LogP contribution in [-0.2, 0) is 0 Å². The summed E-state index contributed by atoms with van der Waals surface area (Å²) in [5, 5.41) is 0. The molecule has 0 bridgehead atoms. The Morgan fingerprint density at radius 3 is 2.50 bits per heavy atom. The van der Waals surface area contributed by atoms with Crippen molar-refractivity contribution in [1.82, 2.24) is 0 Å². The summed E-state index contributed by atoms with van der Waals surface area (Å²) in [6.07, 6.45) is 3.81. The molecule has 0 aliphatic carbocycles. The van der Waals surface area contributed by atoms with Gasteiger partial charge in [-0.2, -0.15) is 13.2 Å². The monoisotopic (exact) mass is 277 g/mol. The van der Waals surface area contributed by atoms with Crippen molar-refractivity contribution in [2.45, 2.75) is 49.1 Å². The van der Waals surface area contributed by atoms with Crippen molar-refractivity contribution < 1.29 is 13.2 Å². The number of hydrogen-bond acceptors (Lipinski definition) is 2. The molecule has 0 unspecified atom stereocenters. The molecule has 0 radical (unpaired) electrons. The van der Waals surface area contributed by atoms with Crippen LogP contribution >= 0.6 is 11.8 Å². The van der Waals surface area contributed by atoms with Gasteiger partial charge in [-0.05, 0) is 29.8 Å². The summed E-state index contributed by atoms with van der Waals surface area (Å²) in [5.41, 5.74) is 2.30. The van der Waals surface area contributed by atoms with Gasteiger partial charge in [0.25, 0.3) is 0 Å². The first-order chi connectivity index (χ1) is 8.44. The lowest BCUT2D eigenvalue weighted by Gasteiger charge is -2.16. The number of unbranched alkanes of at least 4 members (excludes halogenated alkanes) is 2. The maximum atomic E-state index is 12.4. The minimum atomic E-state index is -4.26. The van der Waals surface area contributed by atoms with Gasteiger partial charge in [0, 0.05) is 10.9 Å². The van der Waals surface area contributed by atoms with Crippen molar-refractivity contribution in [3.8, 4) is 0 Å². The highest BCUT2D eigenvalue weighted by Crippen LogP contribution is 2.40. The number of alkyl halides is 3. The van der Waals surface area contributed by atoms with Crippen LogP contribution in [-0.4, -0.2) is 5.51 Å². The predicted octanol–water partition coefficient (Wildman–Crippen LogP) is 4.88. The average Bonchev–Trinajstić information content (AvgIpc) is 2.27. The first kappa shape index (κ1) is 15.4. The highest BCUT2D eigenvalue weighted by Gasteiger charge is 2.30. The number of rotatable bonds is 6. The lowest BCUT2D eigenvalue weighted by molar-refractivity contribution is -0.0328. The van der Waals surface area contributed by atoms with Crippen molar-refractivity contribution >= 4 is 11.8 Å². The summed E-state index contributed by atoms with van der Waals surface area (Å²) in [5.74, 6) is 0. The van der Waals surface area contributed by atoms with Gasteiger partial charge in [-0.3, -0.25) is 0 Å². The highest BCUT2D eigenvalue weighted by atomic mass is 32.2. The summed E-state index contributed by atoms with van der Waals surface area (Å²) >= 11 is -0.0851. The quantitative estimate of drug-likeness (QED) is 0.592. The van der Waals surface area contributed by atoms with Crippen LogP contribution in [0.4, 0.5) is 13.2 Å². The number of nitrogens with two attached hydrogens (primary N) is 1. The van der Waals surface area contributed by atoms with Gasteiger partial charge in [-0.15, -0.1) is 0 Å². The second kappa shape index (κ2) is 7.04. The molecule has 2 N–H and O–H groups in total. The molecular weight excluding hydrogens is 259 g/mol. The Morgan fingerprint density at radius 2 is 1.89 bits per heavy atom. The number of benzene rings is 1. The molecular formula is C13H18F3NS. The van der Waals surface area contributed by atoms with E-state index in [1.807, 2.05) is 0 Å². The van der Waals surface area contributed by atoms with Crippen molar-refractivity contribution in [2.24, 2.45) is 5.73 Å². The molecule has 5 heteroatoms. The van der Waals surface area contributed by atoms with Crippen molar-refractivity contribution in [3.63, 3.8) is 0 Å². The molecule has 0 aromatic heterocycles. The van der Waals surface area contributed by atoms with Gasteiger partial charge < -0.3 is 5.73 Å². The zero-order chi connectivity index (χ0) is 13.6. The van der Waals surface area contributed by atoms with E-state index in [1.165, 1.54) is 6.07 Å². The Balaban J connectivity index is 2.74. The molecule has 0 amide bonds. The standard InChI is InChI=1S/C13H18F3NS/c1-2-3-4-8-11(17)10-7-5-6-9-12(10)18-13(14,15)16/h5-7,9,11H,2-4,8,17H2,1H3/t11-/m0/s1. The minimum Gasteiger partial charge on any atom is -0.324 e. The molecule has 0 spiro atoms. The van der Waals surface area contributed by atoms with Crippen LogP contribution in [0.3, 0.4) is 0 Å². The first-order valence-corrected chi connectivity index (χ1v) is 6.86. The molecule has 0 aliphatic rings. The van der Waals surface area contributed by atoms with Crippen LogP contribution in [0.25, 0.3) is 0 Å². The molecule has 0 saturated carbocycles. The first-order valence-electron chi connectivity index (χ1n) is 6.04. The van der Waals surface area contributed by atoms with E-state index in [-0.39, 0.29) is 22.7 Å². The number of halogens is 3. The van der Waals surface area contributed by atoms with Crippen LogP contribution in [0.15, 0.2) is 29.2 Å². The Kier molecular flexibility index (Phi) is 6.02. The summed E-state index contributed by atoms with van der Waals surface area (Å²) in [6.45, 7) is 2.08. The van der Waals surface area contributed by atoms with E-state index in [4.69, 9.17) is 5.73 Å². The van der Waals surface area contributed by atoms with E-state index in [0.29, 0.717) is 5.56 Å². The van der Waals surface area contributed by atoms with Gasteiger partial charge in [-0.25, -0.2) is 0 Å². The van der Waals surface area contributed by atoms with Gasteiger partial charge >= 0.3 is 5.51 Å². The Morgan fingerprint density at radius 1 is 1.22 bits per heavy atom. The van der Waals surface area contributed by atoms with Crippen LogP contribution in [0.2, 0.25) is 0 Å². The average molecular weight is 277 g/mol. The molecule has 1 atom stereocenters. The lowest BCUT2D eigenvalue weighted by atomic mass is 10.0. The number of thioether (sulfide) groups is 1. The third kappa shape index (κ3) is 5.31. The Bertz CT molecular complexity index is 365. The van der Waals surface area contributed by atoms with Crippen molar-refractivity contribution in [1.29, 1.82) is 0 Å². The fourth-order valence-corrected chi connectivity index (χ4v) is 2.51. The van der Waals surface area contributed by atoms with Crippen molar-refractivity contribution in [3.05, 3.63) is 29.8 Å². The van der Waals surface area contributed by atoms with E-state index in [1.54, 1.807) is 18.2 Å². The summed E-state index contributed by atoms with van der Waals surface area (Å²) in [6, 6.07) is 6.19. The maximum absolute atomic E-state index is 12.4. The molecule has 102 valence electrons. The smallest absolute Gasteiger partial charge is 0.324 e. The molecule has 1 aromatic carbocycles. The topological polar surface area (TPSA) is 26.0 Å². The van der Waals surface area contributed by atoms with Gasteiger partial charge in [-0.1, -0.05) is 44.4 Å². The zero-order valence-electron chi connectivity index (χ0n) is 10.3. The van der Waals surface area contributed by atoms with E-state index >= 15 is 0 Å².